The minimum absolute atomic E-state index is 0.0411. The molecule has 18 heavy (non-hydrogen) atoms. The zero-order valence-electron chi connectivity index (χ0n) is 10.5. The van der Waals surface area contributed by atoms with Gasteiger partial charge < -0.3 is 15.2 Å². The predicted octanol–water partition coefficient (Wildman–Crippen LogP) is 2.90. The molecule has 1 heterocycles. The average Bonchev–Trinajstić information content (AvgIpc) is 2.39. The van der Waals surface area contributed by atoms with Crippen LogP contribution >= 0.6 is 0 Å². The summed E-state index contributed by atoms with van der Waals surface area (Å²) in [6.45, 7) is 1.92. The van der Waals surface area contributed by atoms with E-state index < -0.39 is 0 Å². The van der Waals surface area contributed by atoms with E-state index in [-0.39, 0.29) is 6.04 Å². The number of rotatable bonds is 4. The first-order chi connectivity index (χ1) is 8.69. The number of hydrogen-bond acceptors (Lipinski definition) is 4. The van der Waals surface area contributed by atoms with E-state index in [2.05, 4.69) is 4.98 Å². The molecule has 1 aromatic carbocycles. The van der Waals surface area contributed by atoms with E-state index in [9.17, 15) is 0 Å². The molecule has 0 aliphatic carbocycles. The van der Waals surface area contributed by atoms with Gasteiger partial charge in [-0.15, -0.1) is 0 Å². The molecule has 0 bridgehead atoms. The van der Waals surface area contributed by atoms with Gasteiger partial charge in [0, 0.05) is 24.4 Å². The molecule has 0 spiro atoms. The van der Waals surface area contributed by atoms with Crippen molar-refractivity contribution in [2.24, 2.45) is 5.73 Å². The van der Waals surface area contributed by atoms with Crippen LogP contribution in [0.15, 0.2) is 42.6 Å². The minimum Gasteiger partial charge on any atom is -0.497 e. The van der Waals surface area contributed by atoms with Gasteiger partial charge in [0.15, 0.2) is 0 Å². The van der Waals surface area contributed by atoms with Crippen molar-refractivity contribution in [1.82, 2.24) is 4.98 Å². The van der Waals surface area contributed by atoms with Gasteiger partial charge in [0.25, 0.3) is 0 Å². The summed E-state index contributed by atoms with van der Waals surface area (Å²) in [5.74, 6) is 1.96. The molecule has 0 amide bonds. The molecule has 0 aliphatic rings. The van der Waals surface area contributed by atoms with E-state index in [1.54, 1.807) is 19.4 Å². The molecule has 2 rings (SSSR count). The Morgan fingerprint density at radius 1 is 1.17 bits per heavy atom. The van der Waals surface area contributed by atoms with Crippen LogP contribution in [0.1, 0.15) is 18.5 Å². The molecule has 1 aromatic heterocycles. The summed E-state index contributed by atoms with van der Waals surface area (Å²) in [6.07, 6.45) is 1.69. The van der Waals surface area contributed by atoms with Crippen LogP contribution in [-0.4, -0.2) is 12.1 Å². The first kappa shape index (κ1) is 12.4. The Hall–Kier alpha value is -2.07. The predicted molar refractivity (Wildman–Crippen MR) is 69.9 cm³/mol. The normalized spacial score (nSPS) is 11.9. The standard InChI is InChI=1S/C14H16N2O2/c1-10(15)11-6-7-16-14(8-11)18-13-5-3-4-12(9-13)17-2/h3-10H,15H2,1-2H3. The number of aromatic nitrogens is 1. The maximum absolute atomic E-state index is 5.82. The number of nitrogens with two attached hydrogens (primary N) is 1. The number of benzene rings is 1. The zero-order chi connectivity index (χ0) is 13.0. The van der Waals surface area contributed by atoms with Gasteiger partial charge in [-0.2, -0.15) is 0 Å². The van der Waals surface area contributed by atoms with E-state index in [1.165, 1.54) is 0 Å². The summed E-state index contributed by atoms with van der Waals surface area (Å²) in [6, 6.07) is 11.1. The van der Waals surface area contributed by atoms with Gasteiger partial charge in [0.05, 0.1) is 7.11 Å². The quantitative estimate of drug-likeness (QED) is 0.898. The first-order valence-electron chi connectivity index (χ1n) is 5.72. The lowest BCUT2D eigenvalue weighted by molar-refractivity contribution is 0.407. The molecule has 2 N–H and O–H groups in total. The Morgan fingerprint density at radius 2 is 1.94 bits per heavy atom. The molecular formula is C14H16N2O2. The molecule has 0 saturated carbocycles. The Bertz CT molecular complexity index is 527. The van der Waals surface area contributed by atoms with Crippen molar-refractivity contribution < 1.29 is 9.47 Å². The lowest BCUT2D eigenvalue weighted by Gasteiger charge is -2.09. The van der Waals surface area contributed by atoms with Crippen LogP contribution < -0.4 is 15.2 Å². The SMILES string of the molecule is COc1cccc(Oc2cc(C(C)N)ccn2)c1. The van der Waals surface area contributed by atoms with Crippen molar-refractivity contribution in [3.05, 3.63) is 48.2 Å². The lowest BCUT2D eigenvalue weighted by atomic mass is 10.1. The van der Waals surface area contributed by atoms with Gasteiger partial charge in [-0.3, -0.25) is 0 Å². The van der Waals surface area contributed by atoms with Crippen molar-refractivity contribution in [2.75, 3.05) is 7.11 Å². The third-order valence-electron chi connectivity index (χ3n) is 2.55. The monoisotopic (exact) mass is 244 g/mol. The second-order valence-electron chi connectivity index (χ2n) is 4.00. The van der Waals surface area contributed by atoms with E-state index >= 15 is 0 Å². The Kier molecular flexibility index (Phi) is 3.79. The zero-order valence-corrected chi connectivity index (χ0v) is 10.5. The minimum atomic E-state index is -0.0411. The molecular weight excluding hydrogens is 228 g/mol. The third kappa shape index (κ3) is 2.99. The summed E-state index contributed by atoms with van der Waals surface area (Å²) in [4.78, 5) is 4.15. The van der Waals surface area contributed by atoms with Crippen molar-refractivity contribution >= 4 is 0 Å². The Morgan fingerprint density at radius 3 is 2.67 bits per heavy atom. The molecule has 4 nitrogen and oxygen atoms in total. The number of methoxy groups -OCH3 is 1. The van der Waals surface area contributed by atoms with Gasteiger partial charge in [0.1, 0.15) is 11.5 Å². The van der Waals surface area contributed by atoms with Crippen LogP contribution in [0, 0.1) is 0 Å². The van der Waals surface area contributed by atoms with Crippen LogP contribution in [0.25, 0.3) is 0 Å². The summed E-state index contributed by atoms with van der Waals surface area (Å²) in [5, 5.41) is 0. The number of pyridine rings is 1. The summed E-state index contributed by atoms with van der Waals surface area (Å²) >= 11 is 0. The Labute approximate surface area is 106 Å². The highest BCUT2D eigenvalue weighted by molar-refractivity contribution is 5.35. The maximum Gasteiger partial charge on any atom is 0.219 e. The number of hydrogen-bond donors (Lipinski definition) is 1. The van der Waals surface area contributed by atoms with Crippen molar-refractivity contribution in [1.29, 1.82) is 0 Å². The molecule has 1 unspecified atom stereocenters. The fraction of sp³-hybridized carbons (Fsp3) is 0.214. The summed E-state index contributed by atoms with van der Waals surface area (Å²) in [7, 11) is 1.62. The topological polar surface area (TPSA) is 57.4 Å². The number of nitrogens with zero attached hydrogens (tertiary/aromatic N) is 1. The molecule has 1 atom stereocenters. The molecule has 0 radical (unpaired) electrons. The van der Waals surface area contributed by atoms with Crippen LogP contribution in [0.4, 0.5) is 0 Å². The van der Waals surface area contributed by atoms with Crippen LogP contribution in [0.2, 0.25) is 0 Å². The van der Waals surface area contributed by atoms with Crippen molar-refractivity contribution in [3.63, 3.8) is 0 Å². The fourth-order valence-electron chi connectivity index (χ4n) is 1.55. The fourth-order valence-corrected chi connectivity index (χ4v) is 1.55. The smallest absolute Gasteiger partial charge is 0.219 e. The maximum atomic E-state index is 5.82. The largest absolute Gasteiger partial charge is 0.497 e. The van der Waals surface area contributed by atoms with Gasteiger partial charge in [-0.05, 0) is 30.7 Å². The molecule has 0 fully saturated rings. The van der Waals surface area contributed by atoms with Crippen LogP contribution in [0.5, 0.6) is 17.4 Å². The van der Waals surface area contributed by atoms with Crippen LogP contribution in [-0.2, 0) is 0 Å². The second-order valence-corrected chi connectivity index (χ2v) is 4.00. The summed E-state index contributed by atoms with van der Waals surface area (Å²) in [5.41, 5.74) is 6.81. The van der Waals surface area contributed by atoms with Gasteiger partial charge >= 0.3 is 0 Å². The van der Waals surface area contributed by atoms with Gasteiger partial charge in [0.2, 0.25) is 5.88 Å². The third-order valence-corrected chi connectivity index (χ3v) is 2.55. The Balaban J connectivity index is 2.20. The van der Waals surface area contributed by atoms with Crippen LogP contribution in [0.3, 0.4) is 0 Å². The molecule has 94 valence electrons. The first-order valence-corrected chi connectivity index (χ1v) is 5.72. The number of ether oxygens (including phenoxy) is 2. The van der Waals surface area contributed by atoms with Crippen molar-refractivity contribution in [3.8, 4) is 17.4 Å². The van der Waals surface area contributed by atoms with Gasteiger partial charge in [-0.25, -0.2) is 4.98 Å². The lowest BCUT2D eigenvalue weighted by Crippen LogP contribution is -2.05. The second kappa shape index (κ2) is 5.51. The summed E-state index contributed by atoms with van der Waals surface area (Å²) < 4.78 is 10.8. The highest BCUT2D eigenvalue weighted by Gasteiger charge is 2.04. The molecule has 4 heteroatoms. The van der Waals surface area contributed by atoms with E-state index in [0.717, 1.165) is 11.3 Å². The average molecular weight is 244 g/mol. The van der Waals surface area contributed by atoms with E-state index in [0.29, 0.717) is 11.6 Å². The molecule has 0 aliphatic heterocycles. The molecule has 0 saturated heterocycles. The van der Waals surface area contributed by atoms with Crippen molar-refractivity contribution in [2.45, 2.75) is 13.0 Å². The van der Waals surface area contributed by atoms with E-state index in [4.69, 9.17) is 15.2 Å². The highest BCUT2D eigenvalue weighted by atomic mass is 16.5. The highest BCUT2D eigenvalue weighted by Crippen LogP contribution is 2.24. The van der Waals surface area contributed by atoms with Gasteiger partial charge in [-0.1, -0.05) is 6.07 Å². The van der Waals surface area contributed by atoms with E-state index in [1.807, 2.05) is 37.3 Å². The molecule has 2 aromatic rings.